The summed E-state index contributed by atoms with van der Waals surface area (Å²) < 4.78 is 33.8. The van der Waals surface area contributed by atoms with Gasteiger partial charge in [0.15, 0.2) is 17.0 Å². The summed E-state index contributed by atoms with van der Waals surface area (Å²) in [5.74, 6) is 0.172. The van der Waals surface area contributed by atoms with E-state index in [4.69, 9.17) is 14.1 Å². The Kier molecular flexibility index (Phi) is 7.40. The Morgan fingerprint density at radius 3 is 2.76 bits per heavy atom. The average Bonchev–Trinajstić information content (AvgIpc) is 3.63. The van der Waals surface area contributed by atoms with Crippen molar-refractivity contribution in [1.82, 2.24) is 29.9 Å². The van der Waals surface area contributed by atoms with Crippen molar-refractivity contribution in [2.75, 3.05) is 38.7 Å². The highest BCUT2D eigenvalue weighted by Gasteiger charge is 2.46. The summed E-state index contributed by atoms with van der Waals surface area (Å²) >= 11 is 0. The summed E-state index contributed by atoms with van der Waals surface area (Å²) in [7, 11) is -2.56. The van der Waals surface area contributed by atoms with Gasteiger partial charge >= 0.3 is 10.3 Å². The number of hydrogen-bond acceptors (Lipinski definition) is 11. The summed E-state index contributed by atoms with van der Waals surface area (Å²) in [4.78, 5) is 23.2. The summed E-state index contributed by atoms with van der Waals surface area (Å²) in [5, 5.41) is 27.8. The number of aromatic nitrogens is 5. The SMILES string of the molecule is COCC(=O)N1CCC2(CC1)C[C@H](Nc1ncnc3c1nnn3[C@@H]1C[C@@H](COS(N)(=O)=O)[C@@H](O)C1)c1ccccc12. The molecule has 3 aromatic rings. The smallest absolute Gasteiger partial charge is 0.333 e. The summed E-state index contributed by atoms with van der Waals surface area (Å²) in [6.45, 7) is 1.27. The molecule has 15 heteroatoms. The van der Waals surface area contributed by atoms with Gasteiger partial charge in [0.2, 0.25) is 5.91 Å². The number of anilines is 1. The Morgan fingerprint density at radius 2 is 2.00 bits per heavy atom. The van der Waals surface area contributed by atoms with Crippen molar-refractivity contribution in [3.8, 4) is 0 Å². The minimum Gasteiger partial charge on any atom is -0.393 e. The molecule has 14 nitrogen and oxygen atoms in total. The number of nitrogens with two attached hydrogens (primary N) is 1. The number of likely N-dealkylation sites (tertiary alicyclic amines) is 1. The van der Waals surface area contributed by atoms with Crippen LogP contribution in [0.3, 0.4) is 0 Å². The number of ether oxygens (including phenoxy) is 1. The van der Waals surface area contributed by atoms with Gasteiger partial charge in [0.25, 0.3) is 0 Å². The second-order valence-corrected chi connectivity index (χ2v) is 12.5. The molecule has 1 saturated carbocycles. The first-order valence-corrected chi connectivity index (χ1v) is 15.2. The van der Waals surface area contributed by atoms with Crippen molar-refractivity contribution in [2.24, 2.45) is 11.1 Å². The van der Waals surface area contributed by atoms with E-state index in [2.05, 4.69) is 43.8 Å². The standard InChI is InChI=1S/C26H34N8O6S/c1-39-14-22(36)33-8-6-26(7-9-33)12-20(18-4-2-3-5-19(18)26)30-24-23-25(29-15-28-24)34(32-31-23)17-10-16(21(35)11-17)13-40-41(27,37)38/h2-5,15-17,20-21,35H,6-14H2,1H3,(H2,27,37,38)(H,28,29,30)/t16-,17+,20-,21-/m0/s1. The van der Waals surface area contributed by atoms with Gasteiger partial charge in [-0.05, 0) is 43.2 Å². The van der Waals surface area contributed by atoms with Crippen molar-refractivity contribution in [1.29, 1.82) is 0 Å². The zero-order chi connectivity index (χ0) is 28.8. The summed E-state index contributed by atoms with van der Waals surface area (Å²) in [6.07, 6.45) is 4.08. The molecular formula is C26H34N8O6S. The zero-order valence-electron chi connectivity index (χ0n) is 22.7. The van der Waals surface area contributed by atoms with Crippen LogP contribution in [-0.2, 0) is 29.4 Å². The number of carbonyl (C=O) groups excluding carboxylic acids is 1. The first-order valence-electron chi connectivity index (χ1n) is 13.7. The number of fused-ring (bicyclic) bond motifs is 3. The third kappa shape index (κ3) is 5.39. The number of methoxy groups -OCH3 is 1. The van der Waals surface area contributed by atoms with Crippen LogP contribution in [0.1, 0.15) is 55.3 Å². The first kappa shape index (κ1) is 27.9. The van der Waals surface area contributed by atoms with E-state index in [9.17, 15) is 18.3 Å². The van der Waals surface area contributed by atoms with E-state index in [0.29, 0.717) is 42.9 Å². The minimum absolute atomic E-state index is 0.0104. The number of nitrogens with zero attached hydrogens (tertiary/aromatic N) is 6. The Balaban J connectivity index is 1.21. The molecule has 220 valence electrons. The molecule has 3 heterocycles. The second-order valence-electron chi connectivity index (χ2n) is 11.2. The lowest BCUT2D eigenvalue weighted by atomic mass is 9.73. The fourth-order valence-corrected chi connectivity index (χ4v) is 7.18. The van der Waals surface area contributed by atoms with Crippen LogP contribution in [0.4, 0.5) is 5.82 Å². The Morgan fingerprint density at radius 1 is 1.22 bits per heavy atom. The molecule has 2 aromatic heterocycles. The topological polar surface area (TPSA) is 188 Å². The number of amides is 1. The van der Waals surface area contributed by atoms with Crippen molar-refractivity contribution in [3.63, 3.8) is 0 Å². The lowest BCUT2D eigenvalue weighted by Crippen LogP contribution is -2.45. The fourth-order valence-electron chi connectivity index (χ4n) is 6.81. The molecule has 1 amide bonds. The van der Waals surface area contributed by atoms with E-state index in [1.807, 2.05) is 11.0 Å². The lowest BCUT2D eigenvalue weighted by Gasteiger charge is -2.40. The van der Waals surface area contributed by atoms with Crippen molar-refractivity contribution in [2.45, 2.75) is 55.7 Å². The normalized spacial score (nSPS) is 25.6. The molecule has 4 N–H and O–H groups in total. The molecule has 3 aliphatic rings. The number of rotatable bonds is 8. The predicted octanol–water partition coefficient (Wildman–Crippen LogP) is 0.817. The van der Waals surface area contributed by atoms with E-state index < -0.39 is 22.3 Å². The number of piperidine rings is 1. The average molecular weight is 587 g/mol. The molecule has 0 radical (unpaired) electrons. The third-order valence-corrected chi connectivity index (χ3v) is 9.30. The van der Waals surface area contributed by atoms with Crippen LogP contribution in [0.15, 0.2) is 30.6 Å². The van der Waals surface area contributed by atoms with Crippen LogP contribution in [0.5, 0.6) is 0 Å². The summed E-state index contributed by atoms with van der Waals surface area (Å²) in [6, 6.07) is 8.19. The number of hydrogen-bond donors (Lipinski definition) is 3. The van der Waals surface area contributed by atoms with Crippen LogP contribution in [-0.4, -0.2) is 88.8 Å². The molecule has 41 heavy (non-hydrogen) atoms. The van der Waals surface area contributed by atoms with Gasteiger partial charge < -0.3 is 20.1 Å². The van der Waals surface area contributed by atoms with Gasteiger partial charge in [0.1, 0.15) is 12.9 Å². The maximum Gasteiger partial charge on any atom is 0.333 e. The van der Waals surface area contributed by atoms with Gasteiger partial charge in [-0.3, -0.25) is 8.98 Å². The van der Waals surface area contributed by atoms with E-state index in [0.717, 1.165) is 19.3 Å². The maximum atomic E-state index is 12.4. The first-order chi connectivity index (χ1) is 19.7. The van der Waals surface area contributed by atoms with E-state index in [-0.39, 0.29) is 36.6 Å². The number of aliphatic hydroxyl groups excluding tert-OH is 1. The van der Waals surface area contributed by atoms with Crippen LogP contribution < -0.4 is 10.5 Å². The Hall–Kier alpha value is -3.24. The molecule has 1 aliphatic heterocycles. The zero-order valence-corrected chi connectivity index (χ0v) is 23.5. The second kappa shape index (κ2) is 10.9. The molecule has 2 aliphatic carbocycles. The quantitative estimate of drug-likeness (QED) is 0.339. The van der Waals surface area contributed by atoms with Crippen LogP contribution in [0.2, 0.25) is 0 Å². The molecular weight excluding hydrogens is 552 g/mol. The highest BCUT2D eigenvalue weighted by atomic mass is 32.2. The maximum absolute atomic E-state index is 12.4. The molecule has 2 fully saturated rings. The molecule has 0 bridgehead atoms. The Labute approximate surface area is 237 Å². The molecule has 1 saturated heterocycles. The molecule has 1 spiro atoms. The largest absolute Gasteiger partial charge is 0.393 e. The van der Waals surface area contributed by atoms with Crippen molar-refractivity contribution >= 4 is 33.2 Å². The van der Waals surface area contributed by atoms with Gasteiger partial charge in [0, 0.05) is 31.5 Å². The molecule has 1 aromatic carbocycles. The third-order valence-electron chi connectivity index (χ3n) is 8.84. The van der Waals surface area contributed by atoms with Gasteiger partial charge in [-0.15, -0.1) is 5.10 Å². The molecule has 6 rings (SSSR count). The van der Waals surface area contributed by atoms with Gasteiger partial charge in [-0.2, -0.15) is 8.42 Å². The Bertz CT molecular complexity index is 1540. The number of carbonyl (C=O) groups is 1. The predicted molar refractivity (Wildman–Crippen MR) is 147 cm³/mol. The van der Waals surface area contributed by atoms with Crippen LogP contribution >= 0.6 is 0 Å². The fraction of sp³-hybridized carbons (Fsp3) is 0.577. The van der Waals surface area contributed by atoms with E-state index in [1.165, 1.54) is 24.6 Å². The molecule has 4 atom stereocenters. The molecule has 0 unspecified atom stereocenters. The lowest BCUT2D eigenvalue weighted by molar-refractivity contribution is -0.136. The van der Waals surface area contributed by atoms with E-state index in [1.54, 1.807) is 4.68 Å². The van der Waals surface area contributed by atoms with Gasteiger partial charge in [0.05, 0.1) is 24.8 Å². The summed E-state index contributed by atoms with van der Waals surface area (Å²) in [5.41, 5.74) is 3.51. The monoisotopic (exact) mass is 586 g/mol. The van der Waals surface area contributed by atoms with Gasteiger partial charge in [-0.1, -0.05) is 29.5 Å². The van der Waals surface area contributed by atoms with Crippen molar-refractivity contribution < 1.29 is 27.2 Å². The number of nitrogens with one attached hydrogen (secondary N) is 1. The van der Waals surface area contributed by atoms with Gasteiger partial charge in [-0.25, -0.2) is 19.8 Å². The van der Waals surface area contributed by atoms with Crippen LogP contribution in [0, 0.1) is 5.92 Å². The van der Waals surface area contributed by atoms with Crippen LogP contribution in [0.25, 0.3) is 11.2 Å². The number of benzene rings is 1. The highest BCUT2D eigenvalue weighted by molar-refractivity contribution is 7.84. The van der Waals surface area contributed by atoms with Crippen molar-refractivity contribution in [3.05, 3.63) is 41.7 Å². The number of aliphatic hydroxyl groups is 1. The van der Waals surface area contributed by atoms with E-state index >= 15 is 0 Å². The highest BCUT2D eigenvalue weighted by Crippen LogP contribution is 2.51. The minimum atomic E-state index is -4.10.